The quantitative estimate of drug-likeness (QED) is 0.158. The van der Waals surface area contributed by atoms with Gasteiger partial charge >= 0.3 is 0 Å². The summed E-state index contributed by atoms with van der Waals surface area (Å²) in [7, 11) is -7.32. The van der Waals surface area contributed by atoms with Gasteiger partial charge in [0.25, 0.3) is 0 Å². The maximum Gasteiger partial charge on any atom is 0.185 e. The van der Waals surface area contributed by atoms with Gasteiger partial charge < -0.3 is 0 Å². The fourth-order valence-electron chi connectivity index (χ4n) is 8.44. The highest BCUT2D eigenvalue weighted by atomic mass is 32.2. The lowest BCUT2D eigenvalue weighted by atomic mass is 9.72. The lowest BCUT2D eigenvalue weighted by Crippen LogP contribution is -2.20. The Hall–Kier alpha value is -4.00. The van der Waals surface area contributed by atoms with Crippen LogP contribution in [0, 0.1) is 10.8 Å². The Bertz CT molecular complexity index is 2090. The Labute approximate surface area is 352 Å². The molecule has 2 aliphatic rings. The fraction of sp³-hybridized carbons (Fsp3) is 0.423. The summed E-state index contributed by atoms with van der Waals surface area (Å²) in [5, 5.41) is -1.48. The van der Waals surface area contributed by atoms with Crippen LogP contribution in [0.2, 0.25) is 0 Å². The minimum atomic E-state index is -3.66. The zero-order valence-electron chi connectivity index (χ0n) is 36.8. The van der Waals surface area contributed by atoms with Crippen LogP contribution in [-0.4, -0.2) is 27.3 Å². The first-order valence-corrected chi connectivity index (χ1v) is 24.0. The Morgan fingerprint density at radius 3 is 1.26 bits per heavy atom. The monoisotopic (exact) mass is 820 g/mol. The summed E-state index contributed by atoms with van der Waals surface area (Å²) in [6, 6.07) is 17.4. The molecular weight excluding hydrogens is 753 g/mol. The van der Waals surface area contributed by atoms with Crippen molar-refractivity contribution in [2.24, 2.45) is 10.8 Å². The zero-order valence-corrected chi connectivity index (χ0v) is 38.4. The molecule has 58 heavy (non-hydrogen) atoms. The van der Waals surface area contributed by atoms with Crippen molar-refractivity contribution in [3.05, 3.63) is 166 Å². The van der Waals surface area contributed by atoms with Crippen molar-refractivity contribution in [1.82, 2.24) is 0 Å². The molecule has 0 N–H and O–H groups in total. The normalized spacial score (nSPS) is 20.1. The topological polar surface area (TPSA) is 68.3 Å². The van der Waals surface area contributed by atoms with E-state index in [2.05, 4.69) is 65.8 Å². The van der Waals surface area contributed by atoms with Crippen molar-refractivity contribution in [1.29, 1.82) is 0 Å². The maximum absolute atomic E-state index is 14.0. The van der Waals surface area contributed by atoms with Gasteiger partial charge in [0, 0.05) is 0 Å². The molecule has 0 fully saturated rings. The highest BCUT2D eigenvalue weighted by Crippen LogP contribution is 2.42. The van der Waals surface area contributed by atoms with Gasteiger partial charge in [0.2, 0.25) is 0 Å². The van der Waals surface area contributed by atoms with Crippen LogP contribution in [0.4, 0.5) is 0 Å². The molecule has 0 aliphatic heterocycles. The molecule has 0 saturated heterocycles. The molecule has 2 aromatic rings. The lowest BCUT2D eigenvalue weighted by molar-refractivity contribution is 0.376. The fourth-order valence-corrected chi connectivity index (χ4v) is 12.0. The van der Waals surface area contributed by atoms with Crippen molar-refractivity contribution in [2.45, 2.75) is 141 Å². The van der Waals surface area contributed by atoms with Crippen LogP contribution >= 0.6 is 0 Å². The van der Waals surface area contributed by atoms with Crippen LogP contribution in [0.15, 0.2) is 176 Å². The minimum absolute atomic E-state index is 0.0976. The second-order valence-corrected chi connectivity index (χ2v) is 22.3. The smallest absolute Gasteiger partial charge is 0.185 e. The molecule has 0 heterocycles. The van der Waals surface area contributed by atoms with Crippen molar-refractivity contribution >= 4 is 19.7 Å². The lowest BCUT2D eigenvalue weighted by Gasteiger charge is -2.33. The van der Waals surface area contributed by atoms with Crippen LogP contribution in [0.1, 0.15) is 121 Å². The second kappa shape index (κ2) is 20.3. The summed E-state index contributed by atoms with van der Waals surface area (Å²) in [5.41, 5.74) is 9.37. The average molecular weight is 821 g/mol. The number of allylic oxidation sites excluding steroid dienone is 16. The van der Waals surface area contributed by atoms with Gasteiger partial charge in [-0.2, -0.15) is 0 Å². The highest BCUT2D eigenvalue weighted by molar-refractivity contribution is 7.92. The van der Waals surface area contributed by atoms with E-state index >= 15 is 0 Å². The van der Waals surface area contributed by atoms with E-state index in [1.54, 1.807) is 48.5 Å². The molecule has 2 atom stereocenters. The molecule has 2 unspecified atom stereocenters. The van der Waals surface area contributed by atoms with E-state index in [-0.39, 0.29) is 10.8 Å². The summed E-state index contributed by atoms with van der Waals surface area (Å²) in [4.78, 5) is 0.624. The van der Waals surface area contributed by atoms with E-state index in [0.717, 1.165) is 48.0 Å². The summed E-state index contributed by atoms with van der Waals surface area (Å²) >= 11 is 0. The molecule has 0 radical (unpaired) electrons. The first-order chi connectivity index (χ1) is 27.2. The third-order valence-electron chi connectivity index (χ3n) is 11.9. The predicted octanol–water partition coefficient (Wildman–Crippen LogP) is 14.0. The number of sulfone groups is 2. The summed E-state index contributed by atoms with van der Waals surface area (Å²) in [6.07, 6.45) is 27.6. The second-order valence-electron chi connectivity index (χ2n) is 18.0. The van der Waals surface area contributed by atoms with Crippen molar-refractivity contribution in [3.8, 4) is 0 Å². The van der Waals surface area contributed by atoms with Crippen molar-refractivity contribution < 1.29 is 16.8 Å². The van der Waals surface area contributed by atoms with Gasteiger partial charge in [-0.3, -0.25) is 0 Å². The van der Waals surface area contributed by atoms with Crippen LogP contribution in [-0.2, 0) is 19.7 Å². The Kier molecular flexibility index (Phi) is 16.3. The summed E-state index contributed by atoms with van der Waals surface area (Å²) < 4.78 is 56.1. The van der Waals surface area contributed by atoms with Crippen LogP contribution in [0.3, 0.4) is 0 Å². The van der Waals surface area contributed by atoms with Crippen molar-refractivity contribution in [3.63, 3.8) is 0 Å². The van der Waals surface area contributed by atoms with Gasteiger partial charge in [-0.05, 0) is 139 Å². The number of benzene rings is 2. The molecule has 0 bridgehead atoms. The van der Waals surface area contributed by atoms with Crippen LogP contribution in [0.5, 0.6) is 0 Å². The number of hydrogen-bond donors (Lipinski definition) is 0. The third-order valence-corrected chi connectivity index (χ3v) is 15.9. The van der Waals surface area contributed by atoms with Gasteiger partial charge in [-0.25, -0.2) is 16.8 Å². The minimum Gasteiger partial charge on any atom is -0.223 e. The van der Waals surface area contributed by atoms with Crippen molar-refractivity contribution in [2.75, 3.05) is 0 Å². The van der Waals surface area contributed by atoms with E-state index in [0.29, 0.717) is 22.6 Å². The predicted molar refractivity (Wildman–Crippen MR) is 247 cm³/mol. The summed E-state index contributed by atoms with van der Waals surface area (Å²) in [6.45, 7) is 21.4. The first kappa shape index (κ1) is 46.7. The molecule has 0 amide bonds. The molecule has 0 saturated carbocycles. The van der Waals surface area contributed by atoms with Gasteiger partial charge in [0.05, 0.1) is 20.3 Å². The molecular formula is C52H68O4S2. The van der Waals surface area contributed by atoms with Crippen LogP contribution < -0.4 is 0 Å². The largest absolute Gasteiger partial charge is 0.223 e. The van der Waals surface area contributed by atoms with E-state index in [9.17, 15) is 16.8 Å². The Morgan fingerprint density at radius 1 is 0.586 bits per heavy atom. The third kappa shape index (κ3) is 12.7. The van der Waals surface area contributed by atoms with Gasteiger partial charge in [0.15, 0.2) is 19.7 Å². The van der Waals surface area contributed by atoms with Gasteiger partial charge in [-0.15, -0.1) is 0 Å². The Morgan fingerprint density at radius 2 is 0.931 bits per heavy atom. The number of rotatable bonds is 16. The molecule has 2 aromatic carbocycles. The standard InChI is InChI=1S/C52H68O4S2/c1-39(35-47(57(53,54)45-25-13-11-14-26-45)37-41(3)29-31-49-43(5)23-19-33-51(49,7)8)21-17-18-22-40(2)36-48(58(55,56)46-27-15-12-16-28-46)38-42(4)30-32-50-44(6)24-20-34-52(50,9)10/h11-18,21-22,25-32,37-38,47-48H,19-20,23-24,33-36H2,1-10H3. The molecule has 312 valence electrons. The molecule has 4 nitrogen and oxygen atoms in total. The molecule has 6 heteroatoms. The molecule has 4 rings (SSSR count). The number of hydrogen-bond acceptors (Lipinski definition) is 4. The van der Waals surface area contributed by atoms with E-state index in [1.807, 2.05) is 76.3 Å². The average Bonchev–Trinajstić information content (AvgIpc) is 3.15. The van der Waals surface area contributed by atoms with Gasteiger partial charge in [0.1, 0.15) is 0 Å². The van der Waals surface area contributed by atoms with Gasteiger partial charge in [-0.1, -0.05) is 158 Å². The van der Waals surface area contributed by atoms with E-state index < -0.39 is 30.2 Å². The molecule has 2 aliphatic carbocycles. The van der Waals surface area contributed by atoms with E-state index in [1.165, 1.54) is 35.1 Å². The maximum atomic E-state index is 14.0. The van der Waals surface area contributed by atoms with E-state index in [4.69, 9.17) is 0 Å². The molecule has 0 aromatic heterocycles. The summed E-state index contributed by atoms with van der Waals surface area (Å²) in [5.74, 6) is 0. The van der Waals surface area contributed by atoms with Crippen LogP contribution in [0.25, 0.3) is 0 Å². The SMILES string of the molecule is CC(C=CC1=C(C)CCCC1(C)C)=CC(CC(C)=CC=CC=C(C)CC(C=C(C)C=CC1=C(C)CCCC1(C)C)S(=O)(=O)c1ccccc1)S(=O)(=O)c1ccccc1. The first-order valence-electron chi connectivity index (χ1n) is 20.9. The highest BCUT2D eigenvalue weighted by Gasteiger charge is 2.29. The Balaban J connectivity index is 1.57. The molecule has 0 spiro atoms. The zero-order chi connectivity index (χ0) is 42.7.